The average Bonchev–Trinajstić information content (AvgIpc) is 2.98. The normalized spacial score (nSPS) is 18.3. The number of nitrogens with one attached hydrogen (secondary N) is 3. The predicted molar refractivity (Wildman–Crippen MR) is 91.3 cm³/mol. The number of amides is 3. The van der Waals surface area contributed by atoms with E-state index in [1.807, 2.05) is 13.8 Å². The topological polar surface area (TPSA) is 73.5 Å². The minimum absolute atomic E-state index is 0.00960. The zero-order valence-corrected chi connectivity index (χ0v) is 14.1. The van der Waals surface area contributed by atoms with E-state index >= 15 is 0 Å². The molecular formula is C17H25FN4O2. The van der Waals surface area contributed by atoms with E-state index in [0.717, 1.165) is 13.0 Å². The molecule has 0 saturated carbocycles. The van der Waals surface area contributed by atoms with Gasteiger partial charge < -0.3 is 20.9 Å². The van der Waals surface area contributed by atoms with Gasteiger partial charge in [-0.05, 0) is 44.5 Å². The van der Waals surface area contributed by atoms with Crippen molar-refractivity contribution in [3.05, 3.63) is 30.1 Å². The van der Waals surface area contributed by atoms with Gasteiger partial charge in [0.1, 0.15) is 5.82 Å². The Labute approximate surface area is 141 Å². The van der Waals surface area contributed by atoms with Crippen LogP contribution in [0.5, 0.6) is 0 Å². The van der Waals surface area contributed by atoms with Crippen LogP contribution in [0.4, 0.5) is 14.9 Å². The van der Waals surface area contributed by atoms with E-state index in [-0.39, 0.29) is 29.8 Å². The van der Waals surface area contributed by atoms with Gasteiger partial charge in [0.05, 0.1) is 0 Å². The molecule has 3 N–H and O–H groups in total. The molecule has 1 aromatic rings. The minimum Gasteiger partial charge on any atom is -0.338 e. The van der Waals surface area contributed by atoms with Crippen LogP contribution in [0.3, 0.4) is 0 Å². The van der Waals surface area contributed by atoms with Crippen LogP contribution in [0, 0.1) is 5.82 Å². The number of carbonyl (C=O) groups is 2. The molecule has 2 atom stereocenters. The van der Waals surface area contributed by atoms with Crippen molar-refractivity contribution in [3.63, 3.8) is 0 Å². The fourth-order valence-corrected chi connectivity index (χ4v) is 2.83. The first kappa shape index (κ1) is 18.2. The molecule has 7 heteroatoms. The zero-order valence-electron chi connectivity index (χ0n) is 14.1. The molecular weight excluding hydrogens is 311 g/mol. The van der Waals surface area contributed by atoms with Crippen LogP contribution in [0.15, 0.2) is 24.3 Å². The second-order valence-corrected chi connectivity index (χ2v) is 6.09. The highest BCUT2D eigenvalue weighted by molar-refractivity contribution is 5.91. The molecule has 2 rings (SSSR count). The number of hydrogen-bond donors (Lipinski definition) is 3. The molecule has 1 aliphatic rings. The van der Waals surface area contributed by atoms with Crippen molar-refractivity contribution < 1.29 is 14.0 Å². The Morgan fingerprint density at radius 3 is 2.71 bits per heavy atom. The van der Waals surface area contributed by atoms with Gasteiger partial charge in [-0.1, -0.05) is 0 Å². The molecule has 0 spiro atoms. The molecule has 132 valence electrons. The Kier molecular flexibility index (Phi) is 6.54. The zero-order chi connectivity index (χ0) is 17.5. The summed E-state index contributed by atoms with van der Waals surface area (Å²) >= 11 is 0. The number of likely N-dealkylation sites (tertiary alicyclic amines) is 1. The third kappa shape index (κ3) is 5.49. The second-order valence-electron chi connectivity index (χ2n) is 6.09. The lowest BCUT2D eigenvalue weighted by molar-refractivity contribution is -0.116. The summed E-state index contributed by atoms with van der Waals surface area (Å²) in [6.07, 6.45) is 1.19. The summed E-state index contributed by atoms with van der Waals surface area (Å²) in [5, 5.41) is 8.93. The average molecular weight is 336 g/mol. The number of rotatable bonds is 6. The first-order valence-corrected chi connectivity index (χ1v) is 8.32. The van der Waals surface area contributed by atoms with Gasteiger partial charge in [-0.3, -0.25) is 4.79 Å². The molecule has 1 heterocycles. The maximum absolute atomic E-state index is 12.8. The fraction of sp³-hybridized carbons (Fsp3) is 0.529. The van der Waals surface area contributed by atoms with Gasteiger partial charge in [0.15, 0.2) is 0 Å². The van der Waals surface area contributed by atoms with Crippen molar-refractivity contribution in [2.45, 2.75) is 38.8 Å². The predicted octanol–water partition coefficient (Wildman–Crippen LogP) is 1.94. The number of carbonyl (C=O) groups excluding carboxylic acids is 2. The quantitative estimate of drug-likeness (QED) is 0.743. The number of anilines is 1. The summed E-state index contributed by atoms with van der Waals surface area (Å²) in [4.78, 5) is 25.6. The van der Waals surface area contributed by atoms with Crippen LogP contribution < -0.4 is 16.0 Å². The lowest BCUT2D eigenvalue weighted by Gasteiger charge is -2.20. The molecule has 0 aromatic heterocycles. The lowest BCUT2D eigenvalue weighted by Crippen LogP contribution is -2.43. The first-order chi connectivity index (χ1) is 11.5. The van der Waals surface area contributed by atoms with Gasteiger partial charge in [-0.15, -0.1) is 0 Å². The summed E-state index contributed by atoms with van der Waals surface area (Å²) in [5.74, 6) is -0.457. The minimum atomic E-state index is -0.332. The van der Waals surface area contributed by atoms with Crippen molar-refractivity contribution >= 4 is 17.6 Å². The third-order valence-corrected chi connectivity index (χ3v) is 3.94. The third-order valence-electron chi connectivity index (χ3n) is 3.94. The van der Waals surface area contributed by atoms with Gasteiger partial charge >= 0.3 is 6.03 Å². The molecule has 24 heavy (non-hydrogen) atoms. The Bertz CT molecular complexity index is 564. The van der Waals surface area contributed by atoms with Gasteiger partial charge in [0, 0.05) is 43.8 Å². The van der Waals surface area contributed by atoms with Crippen LogP contribution in [-0.2, 0) is 4.79 Å². The fourth-order valence-electron chi connectivity index (χ4n) is 2.83. The number of nitrogens with zero attached hydrogens (tertiary/aromatic N) is 1. The lowest BCUT2D eigenvalue weighted by atomic mass is 10.1. The SMILES string of the molecule is CCNC(=O)N1CC[C@@H](N[C@H](C)CC(=O)Nc2ccc(F)cc2)C1. The van der Waals surface area contributed by atoms with Crippen molar-refractivity contribution in [2.75, 3.05) is 25.0 Å². The molecule has 3 amide bonds. The van der Waals surface area contributed by atoms with Crippen molar-refractivity contribution in [1.82, 2.24) is 15.5 Å². The second kappa shape index (κ2) is 8.63. The first-order valence-electron chi connectivity index (χ1n) is 8.32. The number of urea groups is 1. The monoisotopic (exact) mass is 336 g/mol. The van der Waals surface area contributed by atoms with E-state index in [1.165, 1.54) is 24.3 Å². The van der Waals surface area contributed by atoms with E-state index < -0.39 is 0 Å². The molecule has 0 radical (unpaired) electrons. The number of halogens is 1. The summed E-state index contributed by atoms with van der Waals surface area (Å²) in [6.45, 7) is 5.83. The highest BCUT2D eigenvalue weighted by Crippen LogP contribution is 2.12. The molecule has 6 nitrogen and oxygen atoms in total. The Morgan fingerprint density at radius 2 is 2.04 bits per heavy atom. The highest BCUT2D eigenvalue weighted by Gasteiger charge is 2.27. The van der Waals surface area contributed by atoms with Crippen molar-refractivity contribution in [2.24, 2.45) is 0 Å². The number of hydrogen-bond acceptors (Lipinski definition) is 3. The van der Waals surface area contributed by atoms with E-state index in [2.05, 4.69) is 16.0 Å². The van der Waals surface area contributed by atoms with Crippen LogP contribution in [-0.4, -0.2) is 48.6 Å². The van der Waals surface area contributed by atoms with Crippen molar-refractivity contribution in [3.8, 4) is 0 Å². The summed E-state index contributed by atoms with van der Waals surface area (Å²) in [5.41, 5.74) is 0.580. The van der Waals surface area contributed by atoms with Crippen molar-refractivity contribution in [1.29, 1.82) is 0 Å². The van der Waals surface area contributed by atoms with Gasteiger partial charge in [0.2, 0.25) is 5.91 Å². The van der Waals surface area contributed by atoms with E-state index in [9.17, 15) is 14.0 Å². The van der Waals surface area contributed by atoms with E-state index in [0.29, 0.717) is 25.2 Å². The Hall–Kier alpha value is -2.15. The Balaban J connectivity index is 1.73. The molecule has 0 aliphatic carbocycles. The van der Waals surface area contributed by atoms with Gasteiger partial charge in [0.25, 0.3) is 0 Å². The smallest absolute Gasteiger partial charge is 0.317 e. The standard InChI is InChI=1S/C17H25FN4O2/c1-3-19-17(24)22-9-8-15(11-22)20-12(2)10-16(23)21-14-6-4-13(18)5-7-14/h4-7,12,15,20H,3,8-11H2,1-2H3,(H,19,24)(H,21,23)/t12-,15-/m1/s1. The molecule has 1 aliphatic heterocycles. The molecule has 1 aromatic carbocycles. The molecule has 0 bridgehead atoms. The van der Waals surface area contributed by atoms with Crippen LogP contribution in [0.25, 0.3) is 0 Å². The largest absolute Gasteiger partial charge is 0.338 e. The van der Waals surface area contributed by atoms with Crippen LogP contribution in [0.2, 0.25) is 0 Å². The van der Waals surface area contributed by atoms with Gasteiger partial charge in [-0.25, -0.2) is 9.18 Å². The molecule has 1 fully saturated rings. The summed E-state index contributed by atoms with van der Waals surface area (Å²) in [7, 11) is 0. The number of benzene rings is 1. The summed E-state index contributed by atoms with van der Waals surface area (Å²) in [6, 6.07) is 5.84. The van der Waals surface area contributed by atoms with Crippen LogP contribution in [0.1, 0.15) is 26.7 Å². The maximum Gasteiger partial charge on any atom is 0.317 e. The van der Waals surface area contributed by atoms with Crippen LogP contribution >= 0.6 is 0 Å². The maximum atomic E-state index is 12.8. The highest BCUT2D eigenvalue weighted by atomic mass is 19.1. The Morgan fingerprint density at radius 1 is 1.33 bits per heavy atom. The van der Waals surface area contributed by atoms with Gasteiger partial charge in [-0.2, -0.15) is 0 Å². The van der Waals surface area contributed by atoms with E-state index in [1.54, 1.807) is 4.90 Å². The summed E-state index contributed by atoms with van der Waals surface area (Å²) < 4.78 is 12.8. The molecule has 0 unspecified atom stereocenters. The molecule has 1 saturated heterocycles. The van der Waals surface area contributed by atoms with E-state index in [4.69, 9.17) is 0 Å².